The van der Waals surface area contributed by atoms with Crippen molar-refractivity contribution < 1.29 is 19.2 Å². The van der Waals surface area contributed by atoms with Crippen molar-refractivity contribution in [3.63, 3.8) is 0 Å². The van der Waals surface area contributed by atoms with Gasteiger partial charge in [0.1, 0.15) is 12.2 Å². The molecule has 6 atom stereocenters. The van der Waals surface area contributed by atoms with E-state index in [-0.39, 0.29) is 40.5 Å². The van der Waals surface area contributed by atoms with Crippen LogP contribution in [0.2, 0.25) is 0 Å². The summed E-state index contributed by atoms with van der Waals surface area (Å²) in [4.78, 5) is 0. The first-order chi connectivity index (χ1) is 11.0. The van der Waals surface area contributed by atoms with Crippen LogP contribution in [0.1, 0.15) is 17.5 Å². The molecule has 6 heteroatoms. The largest absolute Gasteiger partial charge is 0.633 e. The molecule has 1 N–H and O–H groups in total. The van der Waals surface area contributed by atoms with E-state index in [1.54, 1.807) is 14.2 Å². The molecule has 0 aromatic heterocycles. The number of quaternary nitrogens is 1. The normalized spacial score (nSPS) is 43.5. The summed E-state index contributed by atoms with van der Waals surface area (Å²) in [5.74, 6) is 1.62. The van der Waals surface area contributed by atoms with Crippen LogP contribution >= 0.6 is 12.4 Å². The predicted molar refractivity (Wildman–Crippen MR) is 91.5 cm³/mol. The average Bonchev–Trinajstić information content (AvgIpc) is 2.88. The monoisotopic (exact) mass is 351 g/mol. The lowest BCUT2D eigenvalue weighted by Crippen LogP contribution is -2.69. The molecule has 1 aromatic carbocycles. The van der Waals surface area contributed by atoms with Gasteiger partial charge in [-0.1, -0.05) is 18.2 Å². The van der Waals surface area contributed by atoms with E-state index >= 15 is 0 Å². The first-order valence-corrected chi connectivity index (χ1v) is 8.28. The van der Waals surface area contributed by atoms with Crippen molar-refractivity contribution in [3.8, 4) is 11.5 Å². The smallest absolute Gasteiger partial charge is 0.165 e. The summed E-state index contributed by atoms with van der Waals surface area (Å²) in [7, 11) is 3.43. The predicted octanol–water partition coefficient (Wildman–Crippen LogP) is 1.94. The van der Waals surface area contributed by atoms with E-state index in [1.807, 2.05) is 12.1 Å². The number of benzene rings is 1. The number of likely N-dealkylation sites (tertiary alicyclic amines) is 1. The molecule has 1 fully saturated rings. The Bertz CT molecular complexity index is 734. The van der Waals surface area contributed by atoms with Crippen molar-refractivity contribution in [2.24, 2.45) is 5.92 Å². The van der Waals surface area contributed by atoms with Crippen LogP contribution < -0.4 is 9.47 Å². The number of piperidine rings is 1. The van der Waals surface area contributed by atoms with Crippen LogP contribution in [0.15, 0.2) is 24.3 Å². The second-order valence-electron chi connectivity index (χ2n) is 7.53. The molecule has 2 aliphatic heterocycles. The number of halogens is 1. The molecule has 2 heterocycles. The highest BCUT2D eigenvalue weighted by Gasteiger charge is 2.66. The van der Waals surface area contributed by atoms with E-state index in [0.29, 0.717) is 6.54 Å². The summed E-state index contributed by atoms with van der Waals surface area (Å²) in [5.41, 5.74) is 2.09. The molecule has 1 unspecified atom stereocenters. The highest BCUT2D eigenvalue weighted by molar-refractivity contribution is 5.85. The fraction of sp³-hybridized carbons (Fsp3) is 0.556. The maximum Gasteiger partial charge on any atom is 0.165 e. The minimum Gasteiger partial charge on any atom is -0.633 e. The van der Waals surface area contributed by atoms with Gasteiger partial charge in [-0.15, -0.1) is 12.4 Å². The molecule has 2 aliphatic carbocycles. The van der Waals surface area contributed by atoms with Crippen LogP contribution in [-0.2, 0) is 11.8 Å². The zero-order valence-corrected chi connectivity index (χ0v) is 14.6. The maximum atomic E-state index is 13.0. The van der Waals surface area contributed by atoms with E-state index in [1.165, 1.54) is 11.1 Å². The van der Waals surface area contributed by atoms with Crippen LogP contribution in [0.25, 0.3) is 0 Å². The summed E-state index contributed by atoms with van der Waals surface area (Å²) < 4.78 is 11.5. The maximum absolute atomic E-state index is 13.0. The van der Waals surface area contributed by atoms with Gasteiger partial charge in [-0.2, -0.15) is 0 Å². The molecule has 0 amide bonds. The van der Waals surface area contributed by atoms with E-state index in [9.17, 15) is 10.3 Å². The summed E-state index contributed by atoms with van der Waals surface area (Å²) in [6.45, 7) is 0.567. The van der Waals surface area contributed by atoms with Crippen molar-refractivity contribution in [2.45, 2.75) is 36.5 Å². The Morgan fingerprint density at radius 3 is 2.92 bits per heavy atom. The van der Waals surface area contributed by atoms with E-state index in [0.717, 1.165) is 24.3 Å². The molecule has 1 aromatic rings. The number of ether oxygens (including phenoxy) is 2. The molecule has 130 valence electrons. The standard InChI is InChI=1S/C18H21NO4.ClH/c1-19(21)8-7-18-11-4-5-13(20)17(18)23-16-14(22-2)6-3-10(15(16)18)9-12(11)19;/h3-6,11-13,17,20H,7-9H2,1-2H3;1H/t11-,12+,13-,17-,18-,19?;/m0./s1. The highest BCUT2D eigenvalue weighted by Crippen LogP contribution is 2.63. The van der Waals surface area contributed by atoms with Crippen molar-refractivity contribution in [3.05, 3.63) is 40.6 Å². The lowest BCUT2D eigenvalue weighted by molar-refractivity contribution is -0.898. The van der Waals surface area contributed by atoms with Gasteiger partial charge >= 0.3 is 0 Å². The Morgan fingerprint density at radius 2 is 2.17 bits per heavy atom. The Morgan fingerprint density at radius 1 is 1.38 bits per heavy atom. The van der Waals surface area contributed by atoms with Gasteiger partial charge in [0, 0.05) is 24.3 Å². The number of rotatable bonds is 1. The number of methoxy groups -OCH3 is 1. The second-order valence-corrected chi connectivity index (χ2v) is 7.53. The van der Waals surface area contributed by atoms with E-state index in [2.05, 4.69) is 12.1 Å². The third-order valence-electron chi connectivity index (χ3n) is 6.58. The number of likely N-dealkylation sites (N-methyl/N-ethyl adjacent to an activating group) is 1. The van der Waals surface area contributed by atoms with Crippen molar-refractivity contribution >= 4 is 12.4 Å². The van der Waals surface area contributed by atoms with Crippen LogP contribution in [0.3, 0.4) is 0 Å². The molecule has 0 saturated carbocycles. The Kier molecular flexibility index (Phi) is 3.30. The highest BCUT2D eigenvalue weighted by atomic mass is 35.5. The van der Waals surface area contributed by atoms with Gasteiger partial charge in [0.05, 0.1) is 32.2 Å². The molecular formula is C18H22ClNO4. The minimum absolute atomic E-state index is 0. The molecule has 1 spiro atoms. The number of aliphatic hydroxyl groups excluding tert-OH is 1. The van der Waals surface area contributed by atoms with Gasteiger partial charge in [0.2, 0.25) is 0 Å². The molecule has 2 bridgehead atoms. The van der Waals surface area contributed by atoms with E-state index < -0.39 is 6.10 Å². The summed E-state index contributed by atoms with van der Waals surface area (Å²) in [6.07, 6.45) is 4.43. The van der Waals surface area contributed by atoms with Crippen LogP contribution in [0.4, 0.5) is 0 Å². The minimum atomic E-state index is -0.640. The first kappa shape index (κ1) is 16.2. The third-order valence-corrected chi connectivity index (χ3v) is 6.58. The van der Waals surface area contributed by atoms with Gasteiger partial charge < -0.3 is 24.4 Å². The SMILES string of the molecule is COc1ccc2c3c1O[C@H]1[C@@H](O)C=C[C@H]4[C@@H](C2)[N+](C)([O-])CC[C@@]341.Cl. The fourth-order valence-corrected chi connectivity index (χ4v) is 5.54. The Hall–Kier alpha value is -1.27. The Labute approximate surface area is 147 Å². The van der Waals surface area contributed by atoms with E-state index in [4.69, 9.17) is 9.47 Å². The lowest BCUT2D eigenvalue weighted by atomic mass is 9.53. The lowest BCUT2D eigenvalue weighted by Gasteiger charge is -2.61. The Balaban J connectivity index is 0.00000146. The third kappa shape index (κ3) is 1.66. The van der Waals surface area contributed by atoms with Crippen LogP contribution in [-0.4, -0.2) is 48.7 Å². The molecule has 5 rings (SSSR count). The average molecular weight is 352 g/mol. The van der Waals surface area contributed by atoms with Gasteiger partial charge in [-0.3, -0.25) is 0 Å². The molecular weight excluding hydrogens is 330 g/mol. The van der Waals surface area contributed by atoms with Gasteiger partial charge in [0.15, 0.2) is 11.5 Å². The molecule has 4 aliphatic rings. The van der Waals surface area contributed by atoms with Gasteiger partial charge in [0.25, 0.3) is 0 Å². The quantitative estimate of drug-likeness (QED) is 0.477. The summed E-state index contributed by atoms with van der Waals surface area (Å²) in [5, 5.41) is 23.6. The topological polar surface area (TPSA) is 61.8 Å². The number of nitrogens with zero attached hydrogens (tertiary/aromatic N) is 1. The number of hydrogen-bond acceptors (Lipinski definition) is 4. The fourth-order valence-electron chi connectivity index (χ4n) is 5.54. The first-order valence-electron chi connectivity index (χ1n) is 8.28. The van der Waals surface area contributed by atoms with Crippen molar-refractivity contribution in [1.29, 1.82) is 0 Å². The molecule has 24 heavy (non-hydrogen) atoms. The van der Waals surface area contributed by atoms with Crippen LogP contribution in [0, 0.1) is 11.1 Å². The molecule has 0 radical (unpaired) electrons. The van der Waals surface area contributed by atoms with Crippen LogP contribution in [0.5, 0.6) is 11.5 Å². The summed E-state index contributed by atoms with van der Waals surface area (Å²) >= 11 is 0. The zero-order chi connectivity index (χ0) is 16.0. The number of hydroxylamine groups is 3. The summed E-state index contributed by atoms with van der Waals surface area (Å²) in [6, 6.07) is 3.99. The molecule has 5 nitrogen and oxygen atoms in total. The number of hydrogen-bond donors (Lipinski definition) is 1. The van der Waals surface area contributed by atoms with Gasteiger partial charge in [-0.25, -0.2) is 0 Å². The zero-order valence-electron chi connectivity index (χ0n) is 13.8. The second kappa shape index (κ2) is 4.88. The van der Waals surface area contributed by atoms with Crippen molar-refractivity contribution in [1.82, 2.24) is 0 Å². The number of aliphatic hydroxyl groups is 1. The van der Waals surface area contributed by atoms with Crippen molar-refractivity contribution in [2.75, 3.05) is 20.7 Å². The molecule has 1 saturated heterocycles. The van der Waals surface area contributed by atoms with Gasteiger partial charge in [-0.05, 0) is 11.6 Å².